The molecule has 0 bridgehead atoms. The first-order chi connectivity index (χ1) is 9.17. The van der Waals surface area contributed by atoms with Gasteiger partial charge in [-0.05, 0) is 31.0 Å². The normalized spacial score (nSPS) is 10.6. The molecule has 0 aliphatic heterocycles. The molecule has 0 unspecified atom stereocenters. The SMILES string of the molecule is CCCCc1c[nH]c2cc(C(=O)OC)ccc2c1=O. The summed E-state index contributed by atoms with van der Waals surface area (Å²) >= 11 is 0. The van der Waals surface area contributed by atoms with Crippen molar-refractivity contribution in [3.8, 4) is 0 Å². The van der Waals surface area contributed by atoms with Crippen LogP contribution in [0.4, 0.5) is 0 Å². The Morgan fingerprint density at radius 1 is 1.37 bits per heavy atom. The van der Waals surface area contributed by atoms with Crippen LogP contribution < -0.4 is 5.43 Å². The summed E-state index contributed by atoms with van der Waals surface area (Å²) in [5, 5.41) is 0.612. The lowest BCUT2D eigenvalue weighted by molar-refractivity contribution is 0.0601. The van der Waals surface area contributed by atoms with Gasteiger partial charge in [-0.2, -0.15) is 0 Å². The Kier molecular flexibility index (Phi) is 4.00. The Hall–Kier alpha value is -2.10. The molecular formula is C15H17NO3. The molecule has 0 atom stereocenters. The molecule has 0 saturated carbocycles. The molecular weight excluding hydrogens is 242 g/mol. The van der Waals surface area contributed by atoms with Crippen molar-refractivity contribution in [2.45, 2.75) is 26.2 Å². The summed E-state index contributed by atoms with van der Waals surface area (Å²) in [6.45, 7) is 2.10. The van der Waals surface area contributed by atoms with E-state index in [0.717, 1.165) is 24.8 Å². The van der Waals surface area contributed by atoms with Crippen molar-refractivity contribution in [2.75, 3.05) is 7.11 Å². The van der Waals surface area contributed by atoms with Gasteiger partial charge >= 0.3 is 5.97 Å². The van der Waals surface area contributed by atoms with Crippen LogP contribution >= 0.6 is 0 Å². The number of benzene rings is 1. The zero-order valence-electron chi connectivity index (χ0n) is 11.2. The van der Waals surface area contributed by atoms with E-state index >= 15 is 0 Å². The summed E-state index contributed by atoms with van der Waals surface area (Å²) in [6, 6.07) is 4.94. The number of hydrogen-bond acceptors (Lipinski definition) is 3. The molecule has 100 valence electrons. The van der Waals surface area contributed by atoms with Gasteiger partial charge in [-0.25, -0.2) is 4.79 Å². The number of aromatic amines is 1. The number of esters is 1. The fourth-order valence-corrected chi connectivity index (χ4v) is 2.06. The fourth-order valence-electron chi connectivity index (χ4n) is 2.06. The van der Waals surface area contributed by atoms with Crippen LogP contribution in [0.5, 0.6) is 0 Å². The van der Waals surface area contributed by atoms with E-state index in [9.17, 15) is 9.59 Å². The smallest absolute Gasteiger partial charge is 0.337 e. The largest absolute Gasteiger partial charge is 0.465 e. The molecule has 1 N–H and O–H groups in total. The zero-order chi connectivity index (χ0) is 13.8. The van der Waals surface area contributed by atoms with E-state index in [0.29, 0.717) is 16.5 Å². The molecule has 4 heteroatoms. The maximum Gasteiger partial charge on any atom is 0.337 e. The second-order valence-corrected chi connectivity index (χ2v) is 4.50. The summed E-state index contributed by atoms with van der Waals surface area (Å²) in [5.74, 6) is -0.405. The molecule has 0 spiro atoms. The van der Waals surface area contributed by atoms with Crippen molar-refractivity contribution in [1.82, 2.24) is 4.98 Å². The predicted octanol–water partition coefficient (Wildman–Crippen LogP) is 2.66. The minimum atomic E-state index is -0.405. The third-order valence-corrected chi connectivity index (χ3v) is 3.18. The third kappa shape index (κ3) is 2.67. The molecule has 0 aliphatic rings. The van der Waals surface area contributed by atoms with Crippen LogP contribution in [0, 0.1) is 0 Å². The number of unbranched alkanes of at least 4 members (excludes halogenated alkanes) is 1. The molecule has 2 aromatic rings. The van der Waals surface area contributed by atoms with Crippen molar-refractivity contribution in [3.05, 3.63) is 45.7 Å². The van der Waals surface area contributed by atoms with Gasteiger partial charge < -0.3 is 9.72 Å². The van der Waals surface area contributed by atoms with Crippen molar-refractivity contribution in [3.63, 3.8) is 0 Å². The van der Waals surface area contributed by atoms with E-state index in [-0.39, 0.29) is 5.43 Å². The fraction of sp³-hybridized carbons (Fsp3) is 0.333. The van der Waals surface area contributed by atoms with E-state index in [1.807, 2.05) is 0 Å². The lowest BCUT2D eigenvalue weighted by atomic mass is 10.1. The minimum Gasteiger partial charge on any atom is -0.465 e. The van der Waals surface area contributed by atoms with Gasteiger partial charge in [0, 0.05) is 17.1 Å². The Morgan fingerprint density at radius 3 is 2.84 bits per heavy atom. The van der Waals surface area contributed by atoms with E-state index in [1.165, 1.54) is 7.11 Å². The number of nitrogens with one attached hydrogen (secondary N) is 1. The first-order valence-corrected chi connectivity index (χ1v) is 6.40. The van der Waals surface area contributed by atoms with Gasteiger partial charge in [0.25, 0.3) is 0 Å². The minimum absolute atomic E-state index is 0.0404. The van der Waals surface area contributed by atoms with E-state index in [4.69, 9.17) is 0 Å². The summed E-state index contributed by atoms with van der Waals surface area (Å²) in [6.07, 6.45) is 4.56. The number of ether oxygens (including phenoxy) is 1. The van der Waals surface area contributed by atoms with Crippen molar-refractivity contribution >= 4 is 16.9 Å². The standard InChI is InChI=1S/C15H17NO3/c1-3-4-5-11-9-16-13-8-10(15(18)19-2)6-7-12(13)14(11)17/h6-9H,3-5H2,1-2H3,(H,16,17). The second-order valence-electron chi connectivity index (χ2n) is 4.50. The maximum absolute atomic E-state index is 12.2. The zero-order valence-corrected chi connectivity index (χ0v) is 11.2. The summed E-state index contributed by atoms with van der Waals surface area (Å²) in [7, 11) is 1.34. The number of pyridine rings is 1. The highest BCUT2D eigenvalue weighted by molar-refractivity contribution is 5.94. The highest BCUT2D eigenvalue weighted by Gasteiger charge is 2.09. The van der Waals surface area contributed by atoms with Crippen molar-refractivity contribution in [2.24, 2.45) is 0 Å². The van der Waals surface area contributed by atoms with Crippen LogP contribution in [0.25, 0.3) is 10.9 Å². The Labute approximate surface area is 111 Å². The van der Waals surface area contributed by atoms with E-state index < -0.39 is 5.97 Å². The second kappa shape index (κ2) is 5.69. The van der Waals surface area contributed by atoms with Gasteiger partial charge in [0.05, 0.1) is 18.2 Å². The average Bonchev–Trinajstić information content (AvgIpc) is 2.45. The Morgan fingerprint density at radius 2 is 2.16 bits per heavy atom. The highest BCUT2D eigenvalue weighted by atomic mass is 16.5. The Bertz CT molecular complexity index is 658. The number of carbonyl (C=O) groups excluding carboxylic acids is 1. The molecule has 0 fully saturated rings. The van der Waals surface area contributed by atoms with Crippen LogP contribution in [-0.4, -0.2) is 18.1 Å². The quantitative estimate of drug-likeness (QED) is 0.859. The lowest BCUT2D eigenvalue weighted by Crippen LogP contribution is -2.11. The lowest BCUT2D eigenvalue weighted by Gasteiger charge is -2.04. The number of carbonyl (C=O) groups is 1. The van der Waals surface area contributed by atoms with Gasteiger partial charge in [-0.15, -0.1) is 0 Å². The highest BCUT2D eigenvalue weighted by Crippen LogP contribution is 2.13. The number of aromatic nitrogens is 1. The van der Waals surface area contributed by atoms with Gasteiger partial charge in [-0.1, -0.05) is 13.3 Å². The van der Waals surface area contributed by atoms with Gasteiger partial charge in [0.15, 0.2) is 5.43 Å². The van der Waals surface area contributed by atoms with Crippen LogP contribution in [-0.2, 0) is 11.2 Å². The number of rotatable bonds is 4. The first-order valence-electron chi connectivity index (χ1n) is 6.40. The number of methoxy groups -OCH3 is 1. The molecule has 0 aliphatic carbocycles. The molecule has 1 aromatic heterocycles. The molecule has 0 amide bonds. The first kappa shape index (κ1) is 13.3. The van der Waals surface area contributed by atoms with Gasteiger partial charge in [0.2, 0.25) is 0 Å². The van der Waals surface area contributed by atoms with Crippen LogP contribution in [0.1, 0.15) is 35.7 Å². The summed E-state index contributed by atoms with van der Waals surface area (Å²) < 4.78 is 4.66. The molecule has 0 saturated heterocycles. The number of fused-ring (bicyclic) bond motifs is 1. The molecule has 0 radical (unpaired) electrons. The molecule has 4 nitrogen and oxygen atoms in total. The van der Waals surface area contributed by atoms with Crippen LogP contribution in [0.15, 0.2) is 29.2 Å². The van der Waals surface area contributed by atoms with Crippen LogP contribution in [0.2, 0.25) is 0 Å². The van der Waals surface area contributed by atoms with Gasteiger partial charge in [-0.3, -0.25) is 4.79 Å². The van der Waals surface area contributed by atoms with E-state index in [2.05, 4.69) is 16.6 Å². The summed E-state index contributed by atoms with van der Waals surface area (Å²) in [5.41, 5.74) is 1.93. The third-order valence-electron chi connectivity index (χ3n) is 3.18. The Balaban J connectivity index is 2.48. The topological polar surface area (TPSA) is 59.2 Å². The molecule has 1 heterocycles. The molecule has 19 heavy (non-hydrogen) atoms. The van der Waals surface area contributed by atoms with Crippen molar-refractivity contribution in [1.29, 1.82) is 0 Å². The number of H-pyrrole nitrogens is 1. The number of aryl methyl sites for hydroxylation is 1. The predicted molar refractivity (Wildman–Crippen MR) is 74.5 cm³/mol. The molecule has 2 rings (SSSR count). The van der Waals surface area contributed by atoms with Crippen LogP contribution in [0.3, 0.4) is 0 Å². The van der Waals surface area contributed by atoms with E-state index in [1.54, 1.807) is 24.4 Å². The summed E-state index contributed by atoms with van der Waals surface area (Å²) in [4.78, 5) is 26.8. The van der Waals surface area contributed by atoms with Gasteiger partial charge in [0.1, 0.15) is 0 Å². The maximum atomic E-state index is 12.2. The average molecular weight is 259 g/mol. The molecule has 1 aromatic carbocycles. The van der Waals surface area contributed by atoms with Crippen molar-refractivity contribution < 1.29 is 9.53 Å². The monoisotopic (exact) mass is 259 g/mol. The number of hydrogen-bond donors (Lipinski definition) is 1.